The Morgan fingerprint density at radius 1 is 1.09 bits per heavy atom. The fraction of sp³-hybridized carbons (Fsp3) is 0.688. The Kier molecular flexibility index (Phi) is 11.9. The fourth-order valence-electron chi connectivity index (χ4n) is 6.58. The van der Waals surface area contributed by atoms with Gasteiger partial charge in [0.25, 0.3) is 0 Å². The first-order valence-electron chi connectivity index (χ1n) is 16.0. The number of methoxy groups -OCH3 is 1. The van der Waals surface area contributed by atoms with E-state index >= 15 is 0 Å². The number of unbranched alkanes of at least 4 members (excludes halogenated alkanes) is 2. The number of ether oxygens (including phenoxy) is 3. The van der Waals surface area contributed by atoms with Crippen molar-refractivity contribution in [1.82, 2.24) is 24.5 Å². The van der Waals surface area contributed by atoms with Crippen molar-refractivity contribution in [2.45, 2.75) is 57.4 Å². The van der Waals surface area contributed by atoms with Crippen LogP contribution >= 0.6 is 0 Å². The van der Waals surface area contributed by atoms with Crippen molar-refractivity contribution < 1.29 is 38.5 Å². The average molecular weight is 632 g/mol. The zero-order valence-electron chi connectivity index (χ0n) is 27.3. The summed E-state index contributed by atoms with van der Waals surface area (Å²) in [4.78, 5) is 60.4. The first-order valence-corrected chi connectivity index (χ1v) is 16.0. The van der Waals surface area contributed by atoms with E-state index in [1.807, 2.05) is 23.9 Å². The number of imide groups is 1. The van der Waals surface area contributed by atoms with E-state index in [4.69, 9.17) is 14.2 Å². The maximum absolute atomic E-state index is 13.9. The Morgan fingerprint density at radius 3 is 2.51 bits per heavy atom. The van der Waals surface area contributed by atoms with Crippen molar-refractivity contribution in [3.8, 4) is 17.2 Å². The largest absolute Gasteiger partial charge is 0.493 e. The summed E-state index contributed by atoms with van der Waals surface area (Å²) in [6.07, 6.45) is 4.28. The number of nitrogens with zero attached hydrogens (tertiary/aromatic N) is 5. The molecule has 13 heteroatoms. The lowest BCUT2D eigenvalue weighted by molar-refractivity contribution is -0.144. The summed E-state index contributed by atoms with van der Waals surface area (Å²) >= 11 is 0. The van der Waals surface area contributed by atoms with Gasteiger partial charge in [0.15, 0.2) is 11.5 Å². The molecule has 4 amide bonds. The van der Waals surface area contributed by atoms with Crippen molar-refractivity contribution in [3.63, 3.8) is 0 Å². The molecule has 2 fully saturated rings. The number of benzene rings is 1. The summed E-state index contributed by atoms with van der Waals surface area (Å²) in [5.41, 5.74) is 0.731. The molecule has 3 aliphatic heterocycles. The second-order valence-corrected chi connectivity index (χ2v) is 12.4. The van der Waals surface area contributed by atoms with E-state index in [-0.39, 0.29) is 50.7 Å². The van der Waals surface area contributed by atoms with Crippen LogP contribution in [0.1, 0.15) is 56.9 Å². The number of aliphatic carboxylic acids is 1. The van der Waals surface area contributed by atoms with E-state index < -0.39 is 23.8 Å². The van der Waals surface area contributed by atoms with Crippen molar-refractivity contribution in [2.75, 3.05) is 80.9 Å². The van der Waals surface area contributed by atoms with Gasteiger partial charge in [0.2, 0.25) is 24.4 Å². The van der Waals surface area contributed by atoms with Crippen molar-refractivity contribution in [3.05, 3.63) is 17.7 Å². The summed E-state index contributed by atoms with van der Waals surface area (Å²) < 4.78 is 16.8. The molecule has 1 N–H and O–H groups in total. The van der Waals surface area contributed by atoms with E-state index in [9.17, 15) is 24.3 Å². The molecule has 3 atom stereocenters. The fourth-order valence-corrected chi connectivity index (χ4v) is 6.58. The molecule has 1 aromatic carbocycles. The Hall–Kier alpha value is -3.58. The predicted octanol–water partition coefficient (Wildman–Crippen LogP) is 2.54. The van der Waals surface area contributed by atoms with Gasteiger partial charge in [0.1, 0.15) is 0 Å². The molecule has 0 radical (unpaired) electrons. The summed E-state index contributed by atoms with van der Waals surface area (Å²) in [6, 6.07) is 2.69. The van der Waals surface area contributed by atoms with Crippen LogP contribution in [0.25, 0.3) is 0 Å². The van der Waals surface area contributed by atoms with E-state index in [1.54, 1.807) is 17.0 Å². The van der Waals surface area contributed by atoms with Gasteiger partial charge >= 0.3 is 12.0 Å². The van der Waals surface area contributed by atoms with Crippen molar-refractivity contribution >= 4 is 23.8 Å². The molecule has 0 saturated carbocycles. The van der Waals surface area contributed by atoms with Gasteiger partial charge in [0.05, 0.1) is 19.6 Å². The molecule has 0 aromatic heterocycles. The van der Waals surface area contributed by atoms with Crippen LogP contribution in [0.5, 0.6) is 17.2 Å². The number of rotatable bonds is 16. The van der Waals surface area contributed by atoms with Crippen LogP contribution < -0.4 is 14.2 Å². The Labute approximate surface area is 265 Å². The maximum atomic E-state index is 13.9. The van der Waals surface area contributed by atoms with Gasteiger partial charge in [-0.05, 0) is 64.0 Å². The molecule has 250 valence electrons. The molecule has 0 spiro atoms. The first kappa shape index (κ1) is 34.3. The smallest absolute Gasteiger partial charge is 0.326 e. The lowest BCUT2D eigenvalue weighted by atomic mass is 9.84. The molecule has 4 rings (SSSR count). The number of carboxylic acid groups (broad SMARTS) is 1. The lowest BCUT2D eigenvalue weighted by Crippen LogP contribution is -2.52. The highest BCUT2D eigenvalue weighted by atomic mass is 16.7. The second-order valence-electron chi connectivity index (χ2n) is 12.4. The van der Waals surface area contributed by atoms with Crippen LogP contribution in [0.4, 0.5) is 4.79 Å². The Balaban J connectivity index is 1.60. The number of carbonyl (C=O) groups is 4. The van der Waals surface area contributed by atoms with Crippen molar-refractivity contribution in [1.29, 1.82) is 0 Å². The summed E-state index contributed by atoms with van der Waals surface area (Å²) in [5.74, 6) is -1.10. The number of likely N-dealkylation sites (tertiary alicyclic amines) is 1. The third kappa shape index (κ3) is 8.18. The van der Waals surface area contributed by atoms with Gasteiger partial charge in [-0.25, -0.2) is 4.79 Å². The van der Waals surface area contributed by atoms with Crippen LogP contribution in [0.2, 0.25) is 0 Å². The van der Waals surface area contributed by atoms with Gasteiger partial charge in [-0.1, -0.05) is 13.3 Å². The van der Waals surface area contributed by atoms with E-state index in [0.29, 0.717) is 43.3 Å². The third-order valence-corrected chi connectivity index (χ3v) is 9.12. The highest BCUT2D eigenvalue weighted by molar-refractivity contribution is 5.96. The van der Waals surface area contributed by atoms with E-state index in [2.05, 4.69) is 11.8 Å². The molecule has 2 saturated heterocycles. The SMILES string of the molecule is CCCCN(CCCCN(C)C)C(=O)CN1C[C@H](c2cc(OC)c3c(c2)OCO3)[C@@H](C(=O)O)[C@@H]1CCN1CCC(=O)N(C)C1=O. The molecule has 1 aromatic rings. The topological polar surface area (TPSA) is 132 Å². The van der Waals surface area contributed by atoms with Crippen molar-refractivity contribution in [2.24, 2.45) is 5.92 Å². The van der Waals surface area contributed by atoms with Crippen LogP contribution in [0, 0.1) is 5.92 Å². The zero-order valence-corrected chi connectivity index (χ0v) is 27.3. The maximum Gasteiger partial charge on any atom is 0.326 e. The van der Waals surface area contributed by atoms with Gasteiger partial charge < -0.3 is 34.0 Å². The first-order chi connectivity index (χ1) is 21.5. The molecule has 0 bridgehead atoms. The normalized spacial score (nSPS) is 21.6. The molecule has 3 aliphatic rings. The number of fused-ring (bicyclic) bond motifs is 1. The number of carbonyl (C=O) groups excluding carboxylic acids is 3. The van der Waals surface area contributed by atoms with E-state index in [1.165, 1.54) is 14.2 Å². The highest BCUT2D eigenvalue weighted by Gasteiger charge is 2.48. The lowest BCUT2D eigenvalue weighted by Gasteiger charge is -2.34. The van der Waals surface area contributed by atoms with Crippen LogP contribution in [-0.2, 0) is 14.4 Å². The number of amides is 4. The molecule has 0 aliphatic carbocycles. The molecular weight excluding hydrogens is 582 g/mol. The quantitative estimate of drug-likeness (QED) is 0.272. The number of hydrogen-bond donors (Lipinski definition) is 1. The monoisotopic (exact) mass is 631 g/mol. The standard InChI is InChI=1S/C32H49N5O8/c1-6-7-13-35(14-9-8-12-33(2)3)28(39)20-37-19-23(22-17-25(43-5)30-26(18-22)44-21-45-30)29(31(40)41)24(37)10-15-36-16-11-27(38)34(4)32(36)42/h17-18,23-24,29H,6-16,19-21H2,1-5H3,(H,40,41)/t23-,24+,29-/m1/s1. The van der Waals surface area contributed by atoms with Gasteiger partial charge in [-0.15, -0.1) is 0 Å². The molecule has 3 heterocycles. The predicted molar refractivity (Wildman–Crippen MR) is 167 cm³/mol. The third-order valence-electron chi connectivity index (χ3n) is 9.12. The molecule has 0 unspecified atom stereocenters. The molecule has 13 nitrogen and oxygen atoms in total. The van der Waals surface area contributed by atoms with E-state index in [0.717, 1.165) is 42.7 Å². The molecule has 45 heavy (non-hydrogen) atoms. The minimum Gasteiger partial charge on any atom is -0.493 e. The second kappa shape index (κ2) is 15.6. The Bertz CT molecular complexity index is 1230. The molecular formula is C32H49N5O8. The van der Waals surface area contributed by atoms with Crippen LogP contribution in [0.3, 0.4) is 0 Å². The Morgan fingerprint density at radius 2 is 1.82 bits per heavy atom. The zero-order chi connectivity index (χ0) is 32.7. The minimum atomic E-state index is -0.972. The van der Waals surface area contributed by atoms with Gasteiger partial charge in [-0.3, -0.25) is 24.2 Å². The number of hydrogen-bond acceptors (Lipinski definition) is 9. The van der Waals surface area contributed by atoms with Crippen LogP contribution in [-0.4, -0.2) is 140 Å². The average Bonchev–Trinajstić information content (AvgIpc) is 3.63. The van der Waals surface area contributed by atoms with Crippen LogP contribution in [0.15, 0.2) is 12.1 Å². The minimum absolute atomic E-state index is 0.0225. The number of urea groups is 1. The number of carboxylic acids is 1. The van der Waals surface area contributed by atoms with Gasteiger partial charge in [0, 0.05) is 58.2 Å². The highest BCUT2D eigenvalue weighted by Crippen LogP contribution is 2.47. The summed E-state index contributed by atoms with van der Waals surface area (Å²) in [5, 5.41) is 10.6. The summed E-state index contributed by atoms with van der Waals surface area (Å²) in [7, 11) is 7.06. The van der Waals surface area contributed by atoms with Gasteiger partial charge in [-0.2, -0.15) is 0 Å². The summed E-state index contributed by atoms with van der Waals surface area (Å²) in [6.45, 7) is 5.38.